The molecule has 1 aliphatic rings. The Morgan fingerprint density at radius 3 is 2.50 bits per heavy atom. The highest BCUT2D eigenvalue weighted by molar-refractivity contribution is 5.95. The van der Waals surface area contributed by atoms with E-state index >= 15 is 0 Å². The second-order valence-corrected chi connectivity index (χ2v) is 6.52. The van der Waals surface area contributed by atoms with E-state index < -0.39 is 6.61 Å². The fraction of sp³-hybridized carbons (Fsp3) is 0.579. The first-order valence-corrected chi connectivity index (χ1v) is 9.35. The van der Waals surface area contributed by atoms with Crippen LogP contribution in [0.25, 0.3) is 0 Å². The van der Waals surface area contributed by atoms with Crippen LogP contribution in [0.2, 0.25) is 0 Å². The van der Waals surface area contributed by atoms with Crippen molar-refractivity contribution < 1.29 is 27.8 Å². The summed E-state index contributed by atoms with van der Waals surface area (Å²) in [5, 5.41) is 2.88. The number of carbonyl (C=O) groups excluding carboxylic acids is 2. The lowest BCUT2D eigenvalue weighted by molar-refractivity contribution is -0.122. The molecule has 156 valence electrons. The number of ether oxygens (including phenoxy) is 2. The van der Waals surface area contributed by atoms with Crippen LogP contribution in [0.5, 0.6) is 11.5 Å². The van der Waals surface area contributed by atoms with Crippen molar-refractivity contribution in [2.75, 3.05) is 46.4 Å². The van der Waals surface area contributed by atoms with Gasteiger partial charge in [0.15, 0.2) is 11.5 Å². The number of methoxy groups -OCH3 is 1. The Bertz CT molecular complexity index is 665. The van der Waals surface area contributed by atoms with Gasteiger partial charge in [0.05, 0.1) is 13.7 Å². The number of rotatable bonds is 9. The predicted octanol–water partition coefficient (Wildman–Crippen LogP) is 1.97. The largest absolute Gasteiger partial charge is 0.493 e. The van der Waals surface area contributed by atoms with Crippen molar-refractivity contribution in [1.82, 2.24) is 15.1 Å². The highest BCUT2D eigenvalue weighted by Gasteiger charge is 2.24. The first kappa shape index (κ1) is 21.9. The number of hydrogen-bond donors (Lipinski definition) is 1. The Balaban J connectivity index is 1.88. The molecule has 1 heterocycles. The van der Waals surface area contributed by atoms with Gasteiger partial charge in [-0.05, 0) is 24.6 Å². The maximum Gasteiger partial charge on any atom is 0.387 e. The minimum absolute atomic E-state index is 0.00687. The van der Waals surface area contributed by atoms with Gasteiger partial charge in [0.2, 0.25) is 5.91 Å². The van der Waals surface area contributed by atoms with Crippen LogP contribution >= 0.6 is 0 Å². The summed E-state index contributed by atoms with van der Waals surface area (Å²) in [7, 11) is 1.33. The maximum atomic E-state index is 12.7. The molecule has 0 aromatic heterocycles. The summed E-state index contributed by atoms with van der Waals surface area (Å²) in [5.41, 5.74) is 0.337. The Kier molecular flexibility index (Phi) is 8.43. The molecule has 0 spiro atoms. The fourth-order valence-electron chi connectivity index (χ4n) is 2.95. The topological polar surface area (TPSA) is 71.1 Å². The molecule has 1 fully saturated rings. The van der Waals surface area contributed by atoms with E-state index in [0.717, 1.165) is 12.8 Å². The zero-order valence-corrected chi connectivity index (χ0v) is 16.2. The van der Waals surface area contributed by atoms with E-state index in [4.69, 9.17) is 4.74 Å². The van der Waals surface area contributed by atoms with Crippen LogP contribution in [0, 0.1) is 0 Å². The molecule has 0 unspecified atom stereocenters. The summed E-state index contributed by atoms with van der Waals surface area (Å²) >= 11 is 0. The predicted molar refractivity (Wildman–Crippen MR) is 99.9 cm³/mol. The van der Waals surface area contributed by atoms with Gasteiger partial charge in [-0.1, -0.05) is 13.3 Å². The van der Waals surface area contributed by atoms with Crippen LogP contribution in [0.1, 0.15) is 30.1 Å². The van der Waals surface area contributed by atoms with E-state index in [0.29, 0.717) is 44.8 Å². The number of amides is 2. The molecule has 0 radical (unpaired) electrons. The van der Waals surface area contributed by atoms with E-state index in [-0.39, 0.29) is 23.3 Å². The van der Waals surface area contributed by atoms with Gasteiger partial charge in [-0.25, -0.2) is 0 Å². The van der Waals surface area contributed by atoms with Gasteiger partial charge in [0.25, 0.3) is 5.91 Å². The minimum Gasteiger partial charge on any atom is -0.493 e. The zero-order chi connectivity index (χ0) is 20.5. The molecule has 2 rings (SSSR count). The Labute approximate surface area is 163 Å². The van der Waals surface area contributed by atoms with Crippen molar-refractivity contribution in [2.24, 2.45) is 0 Å². The number of halogens is 2. The maximum absolute atomic E-state index is 12.7. The summed E-state index contributed by atoms with van der Waals surface area (Å²) < 4.78 is 34.2. The standard InChI is InChI=1S/C19H27F2N3O4/c1-3-4-7-22-17(25)13-23-8-10-24(11-9-23)18(26)14-5-6-15(28-19(20)21)16(12-14)27-2/h5-6,12,19H,3-4,7-11,13H2,1-2H3,(H,22,25). The van der Waals surface area contributed by atoms with Gasteiger partial charge in [0, 0.05) is 38.3 Å². The summed E-state index contributed by atoms with van der Waals surface area (Å²) in [4.78, 5) is 28.3. The van der Waals surface area contributed by atoms with Crippen molar-refractivity contribution in [3.05, 3.63) is 23.8 Å². The molecular weight excluding hydrogens is 372 g/mol. The summed E-state index contributed by atoms with van der Waals surface area (Å²) in [5.74, 6) is -0.261. The molecule has 7 nitrogen and oxygen atoms in total. The van der Waals surface area contributed by atoms with Crippen molar-refractivity contribution in [1.29, 1.82) is 0 Å². The smallest absolute Gasteiger partial charge is 0.387 e. The molecule has 1 saturated heterocycles. The molecule has 1 aliphatic heterocycles. The summed E-state index contributed by atoms with van der Waals surface area (Å²) in [6.45, 7) is 2.25. The molecule has 1 aromatic rings. The Hall–Kier alpha value is -2.42. The third kappa shape index (κ3) is 6.33. The van der Waals surface area contributed by atoms with Crippen molar-refractivity contribution in [3.8, 4) is 11.5 Å². The van der Waals surface area contributed by atoms with Crippen molar-refractivity contribution in [3.63, 3.8) is 0 Å². The third-order valence-corrected chi connectivity index (χ3v) is 4.51. The van der Waals surface area contributed by atoms with E-state index in [1.807, 2.05) is 4.90 Å². The number of benzene rings is 1. The van der Waals surface area contributed by atoms with Gasteiger partial charge in [-0.15, -0.1) is 0 Å². The van der Waals surface area contributed by atoms with Crippen LogP contribution in [-0.4, -0.2) is 74.6 Å². The Morgan fingerprint density at radius 1 is 1.18 bits per heavy atom. The molecule has 2 amide bonds. The van der Waals surface area contributed by atoms with Crippen LogP contribution in [-0.2, 0) is 4.79 Å². The number of unbranched alkanes of at least 4 members (excludes halogenated alkanes) is 1. The molecule has 0 aliphatic carbocycles. The van der Waals surface area contributed by atoms with Crippen LogP contribution in [0.4, 0.5) is 8.78 Å². The quantitative estimate of drug-likeness (QED) is 0.643. The fourth-order valence-corrected chi connectivity index (χ4v) is 2.95. The van der Waals surface area contributed by atoms with E-state index in [9.17, 15) is 18.4 Å². The van der Waals surface area contributed by atoms with Gasteiger partial charge in [0.1, 0.15) is 0 Å². The van der Waals surface area contributed by atoms with E-state index in [2.05, 4.69) is 17.0 Å². The average Bonchev–Trinajstić information content (AvgIpc) is 2.68. The van der Waals surface area contributed by atoms with Crippen LogP contribution < -0.4 is 14.8 Å². The summed E-state index contributed by atoms with van der Waals surface area (Å²) in [6.07, 6.45) is 1.99. The van der Waals surface area contributed by atoms with Crippen molar-refractivity contribution in [2.45, 2.75) is 26.4 Å². The molecule has 0 saturated carbocycles. The van der Waals surface area contributed by atoms with Gasteiger partial charge >= 0.3 is 6.61 Å². The lowest BCUT2D eigenvalue weighted by atomic mass is 10.1. The molecule has 9 heteroatoms. The van der Waals surface area contributed by atoms with Gasteiger partial charge in [-0.2, -0.15) is 8.78 Å². The number of alkyl halides is 2. The molecule has 28 heavy (non-hydrogen) atoms. The monoisotopic (exact) mass is 399 g/mol. The van der Waals surface area contributed by atoms with Gasteiger partial charge in [-0.3, -0.25) is 14.5 Å². The van der Waals surface area contributed by atoms with E-state index in [1.54, 1.807) is 4.90 Å². The highest BCUT2D eigenvalue weighted by Crippen LogP contribution is 2.30. The minimum atomic E-state index is -2.97. The average molecular weight is 399 g/mol. The first-order valence-electron chi connectivity index (χ1n) is 9.35. The Morgan fingerprint density at radius 2 is 1.89 bits per heavy atom. The molecule has 1 N–H and O–H groups in total. The lowest BCUT2D eigenvalue weighted by Gasteiger charge is -2.34. The summed E-state index contributed by atoms with van der Waals surface area (Å²) in [6, 6.07) is 4.14. The zero-order valence-electron chi connectivity index (χ0n) is 16.2. The lowest BCUT2D eigenvalue weighted by Crippen LogP contribution is -2.51. The SMILES string of the molecule is CCCCNC(=O)CN1CCN(C(=O)c2ccc(OC(F)F)c(OC)c2)CC1. The molecule has 1 aromatic carbocycles. The molecule has 0 bridgehead atoms. The number of carbonyl (C=O) groups is 2. The highest BCUT2D eigenvalue weighted by atomic mass is 19.3. The second kappa shape index (κ2) is 10.8. The third-order valence-electron chi connectivity index (χ3n) is 4.51. The molecule has 0 atom stereocenters. The number of nitrogens with one attached hydrogen (secondary N) is 1. The van der Waals surface area contributed by atoms with Gasteiger partial charge < -0.3 is 19.7 Å². The van der Waals surface area contributed by atoms with Crippen LogP contribution in [0.3, 0.4) is 0 Å². The van der Waals surface area contributed by atoms with Crippen molar-refractivity contribution >= 4 is 11.8 Å². The number of nitrogens with zero attached hydrogens (tertiary/aromatic N) is 2. The number of hydrogen-bond acceptors (Lipinski definition) is 5. The normalized spacial score (nSPS) is 14.8. The molecular formula is C19H27F2N3O4. The van der Waals surface area contributed by atoms with Crippen LogP contribution in [0.15, 0.2) is 18.2 Å². The van der Waals surface area contributed by atoms with E-state index in [1.165, 1.54) is 25.3 Å². The first-order chi connectivity index (χ1) is 13.4. The number of piperazine rings is 1. The second-order valence-electron chi connectivity index (χ2n) is 6.52.